The van der Waals surface area contributed by atoms with Crippen LogP contribution in [0, 0.1) is 0 Å². The summed E-state index contributed by atoms with van der Waals surface area (Å²) in [6.07, 6.45) is 6.08. The van der Waals surface area contributed by atoms with Gasteiger partial charge < -0.3 is 11.1 Å². The molecule has 0 aromatic heterocycles. The molecule has 0 radical (unpaired) electrons. The van der Waals surface area contributed by atoms with Crippen LogP contribution in [0.3, 0.4) is 0 Å². The average Bonchev–Trinajstić information content (AvgIpc) is 2.41. The van der Waals surface area contributed by atoms with Crippen LogP contribution in [0.15, 0.2) is 30.3 Å². The maximum Gasteiger partial charge on any atom is 0.224 e. The molecule has 0 heterocycles. The zero-order valence-corrected chi connectivity index (χ0v) is 10.8. The highest BCUT2D eigenvalue weighted by molar-refractivity contribution is 5.79. The second-order valence-electron chi connectivity index (χ2n) is 5.26. The lowest BCUT2D eigenvalue weighted by Gasteiger charge is -2.37. The normalized spacial score (nSPS) is 18.3. The Kier molecular flexibility index (Phi) is 4.37. The Labute approximate surface area is 109 Å². The van der Waals surface area contributed by atoms with E-state index >= 15 is 0 Å². The third kappa shape index (κ3) is 3.33. The van der Waals surface area contributed by atoms with Crippen molar-refractivity contribution < 1.29 is 4.79 Å². The molecule has 18 heavy (non-hydrogen) atoms. The van der Waals surface area contributed by atoms with Gasteiger partial charge >= 0.3 is 0 Å². The van der Waals surface area contributed by atoms with Gasteiger partial charge in [-0.1, -0.05) is 49.6 Å². The smallest absolute Gasteiger partial charge is 0.224 e. The minimum absolute atomic E-state index is 0.0913. The number of nitrogens with one attached hydrogen (secondary N) is 1. The van der Waals surface area contributed by atoms with Crippen molar-refractivity contribution in [3.05, 3.63) is 35.9 Å². The first-order valence-corrected chi connectivity index (χ1v) is 6.79. The van der Waals surface area contributed by atoms with Gasteiger partial charge in [-0.2, -0.15) is 0 Å². The molecule has 3 heteroatoms. The summed E-state index contributed by atoms with van der Waals surface area (Å²) in [7, 11) is 0. The van der Waals surface area contributed by atoms with Crippen molar-refractivity contribution in [3.63, 3.8) is 0 Å². The summed E-state index contributed by atoms with van der Waals surface area (Å²) in [5.41, 5.74) is 6.77. The number of benzene rings is 1. The summed E-state index contributed by atoms with van der Waals surface area (Å²) in [6.45, 7) is 0.549. The first kappa shape index (κ1) is 13.1. The molecular formula is C15H22N2O. The van der Waals surface area contributed by atoms with Gasteiger partial charge in [-0.3, -0.25) is 4.79 Å². The molecule has 1 aliphatic carbocycles. The average molecular weight is 246 g/mol. The summed E-state index contributed by atoms with van der Waals surface area (Å²) in [4.78, 5) is 12.1. The molecular weight excluding hydrogens is 224 g/mol. The van der Waals surface area contributed by atoms with Gasteiger partial charge in [0.15, 0.2) is 0 Å². The maximum absolute atomic E-state index is 12.1. The molecule has 0 aliphatic heterocycles. The Morgan fingerprint density at radius 2 is 1.83 bits per heavy atom. The van der Waals surface area contributed by atoms with E-state index in [0.717, 1.165) is 18.4 Å². The van der Waals surface area contributed by atoms with Gasteiger partial charge in [-0.15, -0.1) is 0 Å². The van der Waals surface area contributed by atoms with Crippen molar-refractivity contribution in [2.45, 2.75) is 44.1 Å². The fourth-order valence-corrected chi connectivity index (χ4v) is 2.73. The van der Waals surface area contributed by atoms with Gasteiger partial charge in [0.1, 0.15) is 0 Å². The van der Waals surface area contributed by atoms with Gasteiger partial charge in [0.2, 0.25) is 5.91 Å². The number of hydrogen-bond acceptors (Lipinski definition) is 2. The second-order valence-corrected chi connectivity index (χ2v) is 5.26. The predicted molar refractivity (Wildman–Crippen MR) is 73.2 cm³/mol. The van der Waals surface area contributed by atoms with Crippen molar-refractivity contribution in [1.29, 1.82) is 0 Å². The molecule has 0 atom stereocenters. The standard InChI is InChI=1S/C15H22N2O/c16-12-15(9-5-2-6-10-15)17-14(18)11-13-7-3-1-4-8-13/h1,3-4,7-8H,2,5-6,9-12,16H2,(H,17,18). The van der Waals surface area contributed by atoms with Crippen molar-refractivity contribution in [2.24, 2.45) is 5.73 Å². The van der Waals surface area contributed by atoms with Crippen molar-refractivity contribution in [2.75, 3.05) is 6.54 Å². The zero-order valence-electron chi connectivity index (χ0n) is 10.8. The predicted octanol–water partition coefficient (Wildman–Crippen LogP) is 2.01. The highest BCUT2D eigenvalue weighted by Gasteiger charge is 2.31. The Morgan fingerprint density at radius 3 is 2.44 bits per heavy atom. The third-order valence-electron chi connectivity index (χ3n) is 3.81. The maximum atomic E-state index is 12.1. The number of hydrogen-bond donors (Lipinski definition) is 2. The lowest BCUT2D eigenvalue weighted by molar-refractivity contribution is -0.122. The van der Waals surface area contributed by atoms with Crippen LogP contribution >= 0.6 is 0 Å². The Bertz CT molecular complexity index is 383. The van der Waals surface area contributed by atoms with E-state index in [1.54, 1.807) is 0 Å². The summed E-state index contributed by atoms with van der Waals surface area (Å²) < 4.78 is 0. The Morgan fingerprint density at radius 1 is 1.17 bits per heavy atom. The lowest BCUT2D eigenvalue weighted by Crippen LogP contribution is -2.55. The van der Waals surface area contributed by atoms with Crippen LogP contribution < -0.4 is 11.1 Å². The van der Waals surface area contributed by atoms with Gasteiger partial charge in [-0.05, 0) is 18.4 Å². The first-order chi connectivity index (χ1) is 8.74. The summed E-state index contributed by atoms with van der Waals surface area (Å²) in [5.74, 6) is 0.0913. The van der Waals surface area contributed by atoms with Crippen LogP contribution in [0.2, 0.25) is 0 Å². The molecule has 1 saturated carbocycles. The fraction of sp³-hybridized carbons (Fsp3) is 0.533. The highest BCUT2D eigenvalue weighted by Crippen LogP contribution is 2.27. The first-order valence-electron chi connectivity index (χ1n) is 6.79. The number of rotatable bonds is 4. The van der Waals surface area contributed by atoms with Gasteiger partial charge in [0.05, 0.1) is 12.0 Å². The highest BCUT2D eigenvalue weighted by atomic mass is 16.1. The van der Waals surface area contributed by atoms with E-state index < -0.39 is 0 Å². The molecule has 1 aliphatic rings. The molecule has 0 bridgehead atoms. The molecule has 98 valence electrons. The largest absolute Gasteiger partial charge is 0.349 e. The van der Waals surface area contributed by atoms with E-state index in [1.165, 1.54) is 19.3 Å². The molecule has 0 spiro atoms. The molecule has 0 unspecified atom stereocenters. The van der Waals surface area contributed by atoms with Crippen LogP contribution in [0.25, 0.3) is 0 Å². The topological polar surface area (TPSA) is 55.1 Å². The SMILES string of the molecule is NCC1(NC(=O)Cc2ccccc2)CCCCC1. The molecule has 0 saturated heterocycles. The van der Waals surface area contributed by atoms with Crippen LogP contribution in [0.4, 0.5) is 0 Å². The minimum atomic E-state index is -0.149. The molecule has 1 amide bonds. The Hall–Kier alpha value is -1.35. The van der Waals surface area contributed by atoms with E-state index in [-0.39, 0.29) is 11.4 Å². The minimum Gasteiger partial charge on any atom is -0.349 e. The van der Waals surface area contributed by atoms with Crippen molar-refractivity contribution in [3.8, 4) is 0 Å². The molecule has 2 rings (SSSR count). The lowest BCUT2D eigenvalue weighted by atomic mass is 9.81. The van der Waals surface area contributed by atoms with Crippen molar-refractivity contribution in [1.82, 2.24) is 5.32 Å². The molecule has 3 N–H and O–H groups in total. The quantitative estimate of drug-likeness (QED) is 0.854. The summed E-state index contributed by atoms with van der Waals surface area (Å²) >= 11 is 0. The van der Waals surface area contributed by atoms with Gasteiger partial charge in [-0.25, -0.2) is 0 Å². The van der Waals surface area contributed by atoms with Crippen molar-refractivity contribution >= 4 is 5.91 Å². The van der Waals surface area contributed by atoms with E-state index in [9.17, 15) is 4.79 Å². The Balaban J connectivity index is 1.93. The van der Waals surface area contributed by atoms with Crippen LogP contribution in [0.1, 0.15) is 37.7 Å². The molecule has 1 aromatic carbocycles. The molecule has 3 nitrogen and oxygen atoms in total. The zero-order chi connectivity index (χ0) is 12.8. The number of nitrogens with two attached hydrogens (primary N) is 1. The van der Waals surface area contributed by atoms with E-state index in [0.29, 0.717) is 13.0 Å². The number of carbonyl (C=O) groups is 1. The van der Waals surface area contributed by atoms with Crippen LogP contribution in [0.5, 0.6) is 0 Å². The van der Waals surface area contributed by atoms with E-state index in [2.05, 4.69) is 5.32 Å². The van der Waals surface area contributed by atoms with E-state index in [4.69, 9.17) is 5.73 Å². The second kappa shape index (κ2) is 6.01. The number of carbonyl (C=O) groups excluding carboxylic acids is 1. The van der Waals surface area contributed by atoms with Gasteiger partial charge in [0.25, 0.3) is 0 Å². The van der Waals surface area contributed by atoms with Crippen LogP contribution in [-0.4, -0.2) is 18.0 Å². The van der Waals surface area contributed by atoms with Crippen LogP contribution in [-0.2, 0) is 11.2 Å². The van der Waals surface area contributed by atoms with Gasteiger partial charge in [0, 0.05) is 6.54 Å². The molecule has 1 aromatic rings. The van der Waals surface area contributed by atoms with E-state index in [1.807, 2.05) is 30.3 Å². The molecule has 1 fully saturated rings. The monoisotopic (exact) mass is 246 g/mol. The summed E-state index contributed by atoms with van der Waals surface area (Å²) in [5, 5.41) is 3.17. The fourth-order valence-electron chi connectivity index (χ4n) is 2.73. The number of amides is 1. The third-order valence-corrected chi connectivity index (χ3v) is 3.81. The summed E-state index contributed by atoms with van der Waals surface area (Å²) in [6, 6.07) is 9.85.